The van der Waals surface area contributed by atoms with Gasteiger partial charge in [-0.1, -0.05) is 170 Å². The summed E-state index contributed by atoms with van der Waals surface area (Å²) in [4.78, 5) is 2.48. The highest BCUT2D eigenvalue weighted by Gasteiger charge is 2.53. The summed E-state index contributed by atoms with van der Waals surface area (Å²) in [5, 5.41) is 4.97. The van der Waals surface area contributed by atoms with Gasteiger partial charge in [0.2, 0.25) is 0 Å². The van der Waals surface area contributed by atoms with Gasteiger partial charge in [0, 0.05) is 47.9 Å². The number of hydrogen-bond acceptors (Lipinski definition) is 3. The van der Waals surface area contributed by atoms with Gasteiger partial charge >= 0.3 is 0 Å². The smallest absolute Gasteiger partial charge is 0.135 e. The van der Waals surface area contributed by atoms with Gasteiger partial charge in [-0.2, -0.15) is 0 Å². The summed E-state index contributed by atoms with van der Waals surface area (Å²) >= 11 is 1.87. The molecule has 0 amide bonds. The SMILES string of the molecule is c1ccc(-c2ccc(N(c3ccc(-c4cccc5sc6ccccc6c45)cc3)c3cccc4c3-c3ccccc3C43c4ccccc4-c4ccc5oc6ccccc6c5c43)cc2)cc1. The average molecular weight is 832 g/mol. The van der Waals surface area contributed by atoms with E-state index in [2.05, 4.69) is 229 Å². The summed E-state index contributed by atoms with van der Waals surface area (Å²) in [6.07, 6.45) is 0. The third-order valence-electron chi connectivity index (χ3n) is 13.9. The Labute approximate surface area is 374 Å². The minimum absolute atomic E-state index is 0.575. The molecule has 2 aliphatic carbocycles. The molecule has 2 nitrogen and oxygen atoms in total. The lowest BCUT2D eigenvalue weighted by Gasteiger charge is -2.32. The Hall–Kier alpha value is -7.98. The maximum atomic E-state index is 6.65. The van der Waals surface area contributed by atoms with Gasteiger partial charge in [0.05, 0.1) is 11.1 Å². The predicted octanol–water partition coefficient (Wildman–Crippen LogP) is 17.1. The summed E-state index contributed by atoms with van der Waals surface area (Å²) in [5.74, 6) is 0. The molecule has 0 bridgehead atoms. The molecule has 0 fully saturated rings. The molecule has 3 heteroatoms. The third-order valence-corrected chi connectivity index (χ3v) is 15.0. The molecule has 12 aromatic rings. The second-order valence-corrected chi connectivity index (χ2v) is 18.2. The fourth-order valence-corrected chi connectivity index (χ4v) is 12.5. The first-order chi connectivity index (χ1) is 31.8. The van der Waals surface area contributed by atoms with Crippen LogP contribution in [0.3, 0.4) is 0 Å². The summed E-state index contributed by atoms with van der Waals surface area (Å²) in [5.41, 5.74) is 19.7. The van der Waals surface area contributed by atoms with E-state index in [-0.39, 0.29) is 0 Å². The number of nitrogens with zero attached hydrogens (tertiary/aromatic N) is 1. The molecule has 1 atom stereocenters. The van der Waals surface area contributed by atoms with Crippen molar-refractivity contribution in [1.29, 1.82) is 0 Å². The zero-order valence-corrected chi connectivity index (χ0v) is 35.4. The molecule has 2 heterocycles. The van der Waals surface area contributed by atoms with Crippen molar-refractivity contribution in [2.75, 3.05) is 4.90 Å². The van der Waals surface area contributed by atoms with E-state index in [1.165, 1.54) is 92.3 Å². The van der Waals surface area contributed by atoms with E-state index in [0.29, 0.717) is 0 Å². The van der Waals surface area contributed by atoms with Crippen molar-refractivity contribution in [3.8, 4) is 44.5 Å². The first-order valence-corrected chi connectivity index (χ1v) is 22.8. The van der Waals surface area contributed by atoms with Crippen LogP contribution in [0, 0.1) is 0 Å². The van der Waals surface area contributed by atoms with Crippen LogP contribution in [0.5, 0.6) is 0 Å². The van der Waals surface area contributed by atoms with Crippen LogP contribution >= 0.6 is 11.3 Å². The number of benzene rings is 10. The van der Waals surface area contributed by atoms with Crippen LogP contribution in [0.15, 0.2) is 229 Å². The quantitative estimate of drug-likeness (QED) is 0.172. The van der Waals surface area contributed by atoms with Gasteiger partial charge in [0.1, 0.15) is 11.2 Å². The molecule has 64 heavy (non-hydrogen) atoms. The van der Waals surface area contributed by atoms with Gasteiger partial charge in [-0.3, -0.25) is 0 Å². The molecular weight excluding hydrogens is 795 g/mol. The van der Waals surface area contributed by atoms with Crippen molar-refractivity contribution in [3.63, 3.8) is 0 Å². The fourth-order valence-electron chi connectivity index (χ4n) is 11.3. The molecule has 0 N–H and O–H groups in total. The summed E-state index contributed by atoms with van der Waals surface area (Å²) in [6.45, 7) is 0. The van der Waals surface area contributed by atoms with Gasteiger partial charge in [0.25, 0.3) is 0 Å². The highest BCUT2D eigenvalue weighted by molar-refractivity contribution is 7.25. The Balaban J connectivity index is 1.02. The highest BCUT2D eigenvalue weighted by Crippen LogP contribution is 2.66. The standard InChI is InChI=1S/C61H37NOS/c1-2-14-38(15-3-1)39-28-32-41(33-29-39)62(42-34-30-40(31-35-42)43-20-12-27-56-57(43)48-19-7-11-26-55(48)64-56)52-24-13-23-51-58(52)46-17-5-9-22-50(46)61(51)49-21-8-4-16-44(49)45-36-37-54-59(60(45)61)47-18-6-10-25-53(47)63-54/h1-37H. The van der Waals surface area contributed by atoms with Gasteiger partial charge in [-0.25, -0.2) is 0 Å². The first kappa shape index (κ1) is 35.6. The predicted molar refractivity (Wildman–Crippen MR) is 268 cm³/mol. The van der Waals surface area contributed by atoms with Gasteiger partial charge in [-0.15, -0.1) is 11.3 Å². The molecule has 10 aromatic carbocycles. The van der Waals surface area contributed by atoms with E-state index in [1.54, 1.807) is 0 Å². The Kier molecular flexibility index (Phi) is 7.51. The van der Waals surface area contributed by atoms with Crippen LogP contribution < -0.4 is 4.90 Å². The van der Waals surface area contributed by atoms with Gasteiger partial charge in [-0.05, 0) is 116 Å². The molecule has 0 radical (unpaired) electrons. The lowest BCUT2D eigenvalue weighted by molar-refractivity contribution is 0.668. The lowest BCUT2D eigenvalue weighted by Crippen LogP contribution is -2.26. The average Bonchev–Trinajstić information content (AvgIpc) is 4.10. The minimum atomic E-state index is -0.575. The lowest BCUT2D eigenvalue weighted by atomic mass is 9.69. The van der Waals surface area contributed by atoms with Crippen LogP contribution in [-0.4, -0.2) is 0 Å². The Morgan fingerprint density at radius 3 is 1.77 bits per heavy atom. The van der Waals surface area contributed by atoms with Gasteiger partial charge < -0.3 is 9.32 Å². The summed E-state index contributed by atoms with van der Waals surface area (Å²) in [6, 6.07) is 82.7. The van der Waals surface area contributed by atoms with E-state index in [9.17, 15) is 0 Å². The maximum Gasteiger partial charge on any atom is 0.135 e. The van der Waals surface area contributed by atoms with E-state index in [1.807, 2.05) is 11.3 Å². The largest absolute Gasteiger partial charge is 0.456 e. The van der Waals surface area contributed by atoms with Crippen LogP contribution in [0.2, 0.25) is 0 Å². The van der Waals surface area contributed by atoms with Crippen LogP contribution in [0.4, 0.5) is 17.1 Å². The van der Waals surface area contributed by atoms with Gasteiger partial charge in [0.15, 0.2) is 0 Å². The van der Waals surface area contributed by atoms with E-state index < -0.39 is 5.41 Å². The van der Waals surface area contributed by atoms with Crippen molar-refractivity contribution in [1.82, 2.24) is 0 Å². The molecule has 2 aromatic heterocycles. The monoisotopic (exact) mass is 831 g/mol. The molecular formula is C61H37NOS. The summed E-state index contributed by atoms with van der Waals surface area (Å²) in [7, 11) is 0. The molecule has 298 valence electrons. The zero-order chi connectivity index (χ0) is 41.9. The van der Waals surface area contributed by atoms with E-state index in [4.69, 9.17) is 4.42 Å². The molecule has 14 rings (SSSR count). The Morgan fingerprint density at radius 1 is 0.359 bits per heavy atom. The topological polar surface area (TPSA) is 16.4 Å². The van der Waals surface area contributed by atoms with Crippen molar-refractivity contribution >= 4 is 70.5 Å². The number of thiophene rings is 1. The molecule has 1 spiro atoms. The molecule has 2 aliphatic rings. The molecule has 1 unspecified atom stereocenters. The Morgan fingerprint density at radius 2 is 0.953 bits per heavy atom. The second kappa shape index (κ2) is 13.5. The van der Waals surface area contributed by atoms with Crippen molar-refractivity contribution in [2.24, 2.45) is 0 Å². The number of furan rings is 1. The first-order valence-electron chi connectivity index (χ1n) is 22.0. The highest BCUT2D eigenvalue weighted by atomic mass is 32.1. The third kappa shape index (κ3) is 4.85. The number of hydrogen-bond donors (Lipinski definition) is 0. The number of anilines is 3. The van der Waals surface area contributed by atoms with Crippen molar-refractivity contribution in [2.45, 2.75) is 5.41 Å². The number of fused-ring (bicyclic) bond motifs is 17. The summed E-state index contributed by atoms with van der Waals surface area (Å²) < 4.78 is 9.28. The minimum Gasteiger partial charge on any atom is -0.456 e. The van der Waals surface area contributed by atoms with E-state index >= 15 is 0 Å². The van der Waals surface area contributed by atoms with Crippen molar-refractivity contribution < 1.29 is 4.42 Å². The second-order valence-electron chi connectivity index (χ2n) is 17.1. The molecule has 0 aliphatic heterocycles. The Bertz CT molecular complexity index is 3840. The van der Waals surface area contributed by atoms with Crippen LogP contribution in [-0.2, 0) is 5.41 Å². The molecule has 0 saturated heterocycles. The van der Waals surface area contributed by atoms with Crippen molar-refractivity contribution in [3.05, 3.63) is 247 Å². The zero-order valence-electron chi connectivity index (χ0n) is 34.6. The van der Waals surface area contributed by atoms with Crippen LogP contribution in [0.25, 0.3) is 86.6 Å². The number of rotatable bonds is 5. The van der Waals surface area contributed by atoms with E-state index in [0.717, 1.165) is 33.6 Å². The number of para-hydroxylation sites is 1. The maximum absolute atomic E-state index is 6.65. The molecule has 0 saturated carbocycles. The fraction of sp³-hybridized carbons (Fsp3) is 0.0164. The normalized spacial score (nSPS) is 14.6. The van der Waals surface area contributed by atoms with Crippen LogP contribution in [0.1, 0.15) is 22.3 Å².